The molecule has 2 atom stereocenters. The maximum atomic E-state index is 12.4. The lowest BCUT2D eigenvalue weighted by Gasteiger charge is -2.25. The molecule has 8 nitrogen and oxygen atoms in total. The molecule has 1 aliphatic carbocycles. The van der Waals surface area contributed by atoms with Crippen molar-refractivity contribution in [2.24, 2.45) is 5.92 Å². The first-order valence-electron chi connectivity index (χ1n) is 11.6. The van der Waals surface area contributed by atoms with Gasteiger partial charge in [-0.3, -0.25) is 4.79 Å². The van der Waals surface area contributed by atoms with Gasteiger partial charge < -0.3 is 25.2 Å². The maximum absolute atomic E-state index is 12.4. The molecule has 180 valence electrons. The van der Waals surface area contributed by atoms with Crippen molar-refractivity contribution >= 4 is 18.0 Å². The maximum Gasteiger partial charge on any atom is 0.407 e. The molecule has 3 N–H and O–H groups in total. The number of rotatable bonds is 9. The Labute approximate surface area is 198 Å². The molecule has 2 aliphatic rings. The van der Waals surface area contributed by atoms with E-state index in [0.29, 0.717) is 26.0 Å². The summed E-state index contributed by atoms with van der Waals surface area (Å²) >= 11 is 0. The summed E-state index contributed by atoms with van der Waals surface area (Å²) in [5.41, 5.74) is 3.32. The molecule has 1 saturated heterocycles. The van der Waals surface area contributed by atoms with Crippen molar-refractivity contribution in [2.75, 3.05) is 26.4 Å². The third kappa shape index (κ3) is 4.92. The second-order valence-corrected chi connectivity index (χ2v) is 8.97. The number of ether oxygens (including phenoxy) is 2. The number of amides is 2. The second kappa shape index (κ2) is 10.3. The van der Waals surface area contributed by atoms with Crippen LogP contribution < -0.4 is 10.6 Å². The summed E-state index contributed by atoms with van der Waals surface area (Å²) in [5, 5.41) is 14.8. The van der Waals surface area contributed by atoms with Gasteiger partial charge in [-0.15, -0.1) is 0 Å². The fourth-order valence-electron chi connectivity index (χ4n) is 4.62. The number of benzene rings is 2. The molecule has 8 heteroatoms. The Kier molecular flexibility index (Phi) is 7.17. The molecule has 0 bridgehead atoms. The van der Waals surface area contributed by atoms with Gasteiger partial charge in [-0.1, -0.05) is 55.5 Å². The zero-order valence-corrected chi connectivity index (χ0v) is 19.2. The van der Waals surface area contributed by atoms with E-state index in [1.54, 1.807) is 6.92 Å². The summed E-state index contributed by atoms with van der Waals surface area (Å²) in [6.07, 6.45) is 0.831. The van der Waals surface area contributed by atoms with Gasteiger partial charge in [0.05, 0.1) is 6.61 Å². The molecule has 0 saturated carbocycles. The number of hydrogen-bond donors (Lipinski definition) is 3. The summed E-state index contributed by atoms with van der Waals surface area (Å²) in [4.78, 5) is 36.3. The average molecular weight is 467 g/mol. The summed E-state index contributed by atoms with van der Waals surface area (Å²) in [6.45, 7) is 2.64. The average Bonchev–Trinajstić information content (AvgIpc) is 3.44. The number of fused-ring (bicyclic) bond motifs is 3. The van der Waals surface area contributed by atoms with E-state index in [1.165, 1.54) is 11.1 Å². The Morgan fingerprint density at radius 3 is 2.35 bits per heavy atom. The van der Waals surface area contributed by atoms with Crippen LogP contribution in [0.25, 0.3) is 11.1 Å². The van der Waals surface area contributed by atoms with Crippen LogP contribution in [-0.2, 0) is 19.1 Å². The van der Waals surface area contributed by atoms with Gasteiger partial charge in [-0.2, -0.15) is 0 Å². The fraction of sp³-hybridized carbons (Fsp3) is 0.423. The smallest absolute Gasteiger partial charge is 0.407 e. The molecule has 1 aliphatic heterocycles. The number of nitrogens with one attached hydrogen (secondary N) is 2. The van der Waals surface area contributed by atoms with Gasteiger partial charge in [0.2, 0.25) is 5.91 Å². The monoisotopic (exact) mass is 466 g/mol. The van der Waals surface area contributed by atoms with Gasteiger partial charge in [0, 0.05) is 31.4 Å². The predicted molar refractivity (Wildman–Crippen MR) is 125 cm³/mol. The number of carbonyl (C=O) groups excluding carboxylic acids is 2. The molecular formula is C26H30N2O6. The van der Waals surface area contributed by atoms with Crippen molar-refractivity contribution < 1.29 is 29.0 Å². The van der Waals surface area contributed by atoms with E-state index in [0.717, 1.165) is 11.1 Å². The molecule has 2 amide bonds. The van der Waals surface area contributed by atoms with Crippen molar-refractivity contribution in [1.82, 2.24) is 10.6 Å². The molecule has 2 aromatic rings. The van der Waals surface area contributed by atoms with Crippen LogP contribution in [0.5, 0.6) is 0 Å². The van der Waals surface area contributed by atoms with Crippen LogP contribution in [0.1, 0.15) is 43.2 Å². The van der Waals surface area contributed by atoms with Crippen molar-refractivity contribution in [3.05, 3.63) is 59.7 Å². The highest BCUT2D eigenvalue weighted by atomic mass is 16.5. The van der Waals surface area contributed by atoms with Crippen LogP contribution in [0.4, 0.5) is 4.79 Å². The molecule has 0 aromatic heterocycles. The minimum Gasteiger partial charge on any atom is -0.479 e. The standard InChI is InChI=1S/C26H30N2O6/c1-17(23(29)28-26(24(30)31)12-14-33-16-26)7-6-13-27-25(32)34-15-22-20-10-4-2-8-18(20)19-9-3-5-11-21(19)22/h2-5,8-11,17,22H,6-7,12-16H2,1H3,(H,27,32)(H,28,29)(H,30,31). The molecule has 1 heterocycles. The lowest BCUT2D eigenvalue weighted by Crippen LogP contribution is -2.56. The minimum atomic E-state index is -1.34. The Balaban J connectivity index is 1.20. The minimum absolute atomic E-state index is 0.00277. The van der Waals surface area contributed by atoms with Crippen molar-refractivity contribution in [1.29, 1.82) is 0 Å². The molecule has 34 heavy (non-hydrogen) atoms. The van der Waals surface area contributed by atoms with Crippen LogP contribution >= 0.6 is 0 Å². The van der Waals surface area contributed by atoms with E-state index in [2.05, 4.69) is 34.9 Å². The summed E-state index contributed by atoms with van der Waals surface area (Å²) in [7, 11) is 0. The summed E-state index contributed by atoms with van der Waals surface area (Å²) in [6, 6.07) is 16.3. The van der Waals surface area contributed by atoms with Gasteiger partial charge in [-0.05, 0) is 35.1 Å². The van der Waals surface area contributed by atoms with Crippen LogP contribution in [0.2, 0.25) is 0 Å². The SMILES string of the molecule is CC(CCCNC(=O)OCC1c2ccccc2-c2ccccc21)C(=O)NC1(C(=O)O)CCOC1. The largest absolute Gasteiger partial charge is 0.479 e. The van der Waals surface area contributed by atoms with E-state index in [1.807, 2.05) is 24.3 Å². The van der Waals surface area contributed by atoms with E-state index in [4.69, 9.17) is 9.47 Å². The molecule has 2 aromatic carbocycles. The highest BCUT2D eigenvalue weighted by molar-refractivity contribution is 5.88. The van der Waals surface area contributed by atoms with Crippen molar-refractivity contribution in [2.45, 2.75) is 37.6 Å². The second-order valence-electron chi connectivity index (χ2n) is 8.97. The lowest BCUT2D eigenvalue weighted by molar-refractivity contribution is -0.148. The van der Waals surface area contributed by atoms with Gasteiger partial charge >= 0.3 is 12.1 Å². The Bertz CT molecular complexity index is 1020. The number of carbonyl (C=O) groups is 3. The number of hydrogen-bond acceptors (Lipinski definition) is 5. The first-order chi connectivity index (χ1) is 16.4. The number of aliphatic carboxylic acids is 1. The van der Waals surface area contributed by atoms with Gasteiger partial charge in [-0.25, -0.2) is 9.59 Å². The van der Waals surface area contributed by atoms with Crippen molar-refractivity contribution in [3.63, 3.8) is 0 Å². The van der Waals surface area contributed by atoms with Gasteiger partial charge in [0.15, 0.2) is 5.54 Å². The fourth-order valence-corrected chi connectivity index (χ4v) is 4.62. The Morgan fingerprint density at radius 2 is 1.76 bits per heavy atom. The van der Waals surface area contributed by atoms with Crippen molar-refractivity contribution in [3.8, 4) is 11.1 Å². The van der Waals surface area contributed by atoms with Gasteiger partial charge in [0.1, 0.15) is 6.61 Å². The first kappa shape index (κ1) is 23.8. The van der Waals surface area contributed by atoms with E-state index >= 15 is 0 Å². The molecule has 2 unspecified atom stereocenters. The summed E-state index contributed by atoms with van der Waals surface area (Å²) < 4.78 is 10.7. The number of carboxylic acid groups (broad SMARTS) is 1. The highest BCUT2D eigenvalue weighted by Gasteiger charge is 2.44. The van der Waals surface area contributed by atoms with E-state index < -0.39 is 17.6 Å². The molecule has 0 radical (unpaired) electrons. The van der Waals surface area contributed by atoms with E-state index in [9.17, 15) is 19.5 Å². The Hall–Kier alpha value is -3.39. The predicted octanol–water partition coefficient (Wildman–Crippen LogP) is 3.30. The molecule has 0 spiro atoms. The van der Waals surface area contributed by atoms with E-state index in [-0.39, 0.29) is 37.4 Å². The Morgan fingerprint density at radius 1 is 1.12 bits per heavy atom. The van der Waals surface area contributed by atoms with Crippen LogP contribution in [0.3, 0.4) is 0 Å². The zero-order chi connectivity index (χ0) is 24.1. The molecule has 4 rings (SSSR count). The lowest BCUT2D eigenvalue weighted by atomic mass is 9.96. The number of carboxylic acids is 1. The van der Waals surface area contributed by atoms with Crippen LogP contribution in [0, 0.1) is 5.92 Å². The topological polar surface area (TPSA) is 114 Å². The first-order valence-corrected chi connectivity index (χ1v) is 11.6. The molecule has 1 fully saturated rings. The third-order valence-corrected chi connectivity index (χ3v) is 6.67. The van der Waals surface area contributed by atoms with Crippen LogP contribution in [0.15, 0.2) is 48.5 Å². The van der Waals surface area contributed by atoms with Crippen LogP contribution in [-0.4, -0.2) is 55.0 Å². The third-order valence-electron chi connectivity index (χ3n) is 6.67. The normalized spacial score (nSPS) is 19.7. The molecular weight excluding hydrogens is 436 g/mol. The van der Waals surface area contributed by atoms with Gasteiger partial charge in [0.25, 0.3) is 0 Å². The quantitative estimate of drug-likeness (QED) is 0.489. The highest BCUT2D eigenvalue weighted by Crippen LogP contribution is 2.44. The summed E-state index contributed by atoms with van der Waals surface area (Å²) in [5.74, 6) is -1.79. The number of alkyl carbamates (subject to hydrolysis) is 1. The zero-order valence-electron chi connectivity index (χ0n) is 19.2.